The Bertz CT molecular complexity index is 420. The minimum absolute atomic E-state index is 0.332. The number of nitrogens with one attached hydrogen (secondary N) is 1. The van der Waals surface area contributed by atoms with Crippen LogP contribution >= 0.6 is 22.7 Å². The van der Waals surface area contributed by atoms with Crippen molar-refractivity contribution in [1.29, 1.82) is 0 Å². The van der Waals surface area contributed by atoms with Crippen LogP contribution in [0.5, 0.6) is 0 Å². The van der Waals surface area contributed by atoms with Crippen molar-refractivity contribution in [2.24, 2.45) is 0 Å². The predicted octanol–water partition coefficient (Wildman–Crippen LogP) is 3.62. The van der Waals surface area contributed by atoms with Crippen molar-refractivity contribution in [1.82, 2.24) is 10.3 Å². The Labute approximate surface area is 104 Å². The molecule has 0 saturated heterocycles. The maximum absolute atomic E-state index is 4.31. The normalized spacial score (nSPS) is 12.9. The summed E-state index contributed by atoms with van der Waals surface area (Å²) in [6.45, 7) is 5.29. The van der Waals surface area contributed by atoms with E-state index in [1.54, 1.807) is 11.3 Å². The molecule has 2 nitrogen and oxygen atoms in total. The summed E-state index contributed by atoms with van der Waals surface area (Å²) in [6.07, 6.45) is 1.13. The van der Waals surface area contributed by atoms with Gasteiger partial charge in [-0.25, -0.2) is 4.98 Å². The second-order valence-electron chi connectivity index (χ2n) is 3.74. The van der Waals surface area contributed by atoms with Crippen LogP contribution < -0.4 is 5.32 Å². The molecule has 0 saturated carbocycles. The number of rotatable bonds is 5. The lowest BCUT2D eigenvalue weighted by Crippen LogP contribution is -2.17. The zero-order valence-electron chi connectivity index (χ0n) is 9.56. The van der Waals surface area contributed by atoms with Crippen LogP contribution in [0.3, 0.4) is 0 Å². The van der Waals surface area contributed by atoms with Gasteiger partial charge in [0.25, 0.3) is 0 Å². The van der Waals surface area contributed by atoms with E-state index in [1.165, 1.54) is 9.75 Å². The molecule has 1 atom stereocenters. The molecular formula is C12H16N2S2. The van der Waals surface area contributed by atoms with Gasteiger partial charge in [0, 0.05) is 27.7 Å². The molecule has 0 fully saturated rings. The molecule has 1 unspecified atom stereocenters. The smallest absolute Gasteiger partial charge is 0.0795 e. The highest BCUT2D eigenvalue weighted by atomic mass is 32.1. The van der Waals surface area contributed by atoms with E-state index in [2.05, 4.69) is 41.7 Å². The summed E-state index contributed by atoms with van der Waals surface area (Å²) in [5.41, 5.74) is 3.02. The SMILES string of the molecule is CCc1ccc(CNC(C)c2cscn2)s1. The third kappa shape index (κ3) is 2.90. The molecule has 0 aliphatic rings. The third-order valence-electron chi connectivity index (χ3n) is 2.54. The van der Waals surface area contributed by atoms with Crippen molar-refractivity contribution in [3.8, 4) is 0 Å². The lowest BCUT2D eigenvalue weighted by molar-refractivity contribution is 0.568. The molecule has 1 N–H and O–H groups in total. The molecule has 2 aromatic heterocycles. The van der Waals surface area contributed by atoms with Gasteiger partial charge in [0.05, 0.1) is 11.2 Å². The van der Waals surface area contributed by atoms with Crippen molar-refractivity contribution < 1.29 is 0 Å². The topological polar surface area (TPSA) is 24.9 Å². The molecule has 0 aromatic carbocycles. The average Bonchev–Trinajstić information content (AvgIpc) is 2.96. The number of thiazole rings is 1. The van der Waals surface area contributed by atoms with Crippen LogP contribution in [-0.2, 0) is 13.0 Å². The second-order valence-corrected chi connectivity index (χ2v) is 5.71. The Balaban J connectivity index is 1.87. The van der Waals surface area contributed by atoms with Crippen LogP contribution in [0.15, 0.2) is 23.0 Å². The van der Waals surface area contributed by atoms with Gasteiger partial charge in [-0.1, -0.05) is 6.92 Å². The van der Waals surface area contributed by atoms with Crippen molar-refractivity contribution >= 4 is 22.7 Å². The van der Waals surface area contributed by atoms with Crippen LogP contribution in [0.4, 0.5) is 0 Å². The largest absolute Gasteiger partial charge is 0.304 e. The Hall–Kier alpha value is -0.710. The summed E-state index contributed by atoms with van der Waals surface area (Å²) in [5, 5.41) is 5.59. The van der Waals surface area contributed by atoms with Crippen LogP contribution in [-0.4, -0.2) is 4.98 Å². The van der Waals surface area contributed by atoms with Gasteiger partial charge in [-0.2, -0.15) is 0 Å². The number of hydrogen-bond acceptors (Lipinski definition) is 4. The summed E-state index contributed by atoms with van der Waals surface area (Å²) in [5.74, 6) is 0. The highest BCUT2D eigenvalue weighted by molar-refractivity contribution is 7.11. The molecule has 0 spiro atoms. The maximum atomic E-state index is 4.31. The standard InChI is InChI=1S/C12H16N2S2/c1-3-10-4-5-11(16-10)6-13-9(2)12-7-15-8-14-12/h4-5,7-9,13H,3,6H2,1-2H3. The first-order chi connectivity index (χ1) is 7.79. The molecule has 16 heavy (non-hydrogen) atoms. The van der Waals surface area contributed by atoms with Crippen LogP contribution in [0.2, 0.25) is 0 Å². The van der Waals surface area contributed by atoms with Crippen LogP contribution in [0.1, 0.15) is 35.3 Å². The van der Waals surface area contributed by atoms with Crippen molar-refractivity contribution in [2.45, 2.75) is 32.9 Å². The second kappa shape index (κ2) is 5.57. The van der Waals surface area contributed by atoms with Gasteiger partial charge in [0.1, 0.15) is 0 Å². The van der Waals surface area contributed by atoms with E-state index in [0.29, 0.717) is 6.04 Å². The third-order valence-corrected chi connectivity index (χ3v) is 4.38. The molecule has 0 aliphatic carbocycles. The summed E-state index contributed by atoms with van der Waals surface area (Å²) >= 11 is 3.54. The van der Waals surface area contributed by atoms with Crippen molar-refractivity contribution in [3.05, 3.63) is 38.5 Å². The fourth-order valence-corrected chi connectivity index (χ4v) is 3.06. The molecular weight excluding hydrogens is 236 g/mol. The van der Waals surface area contributed by atoms with Crippen LogP contribution in [0.25, 0.3) is 0 Å². The minimum atomic E-state index is 0.332. The van der Waals surface area contributed by atoms with E-state index in [0.717, 1.165) is 18.7 Å². The van der Waals surface area contributed by atoms with E-state index in [4.69, 9.17) is 0 Å². The summed E-state index contributed by atoms with van der Waals surface area (Å²) < 4.78 is 0. The molecule has 4 heteroatoms. The molecule has 2 heterocycles. The quantitative estimate of drug-likeness (QED) is 0.879. The highest BCUT2D eigenvalue weighted by Gasteiger charge is 2.07. The lowest BCUT2D eigenvalue weighted by Gasteiger charge is -2.09. The first-order valence-electron chi connectivity index (χ1n) is 5.48. The van der Waals surface area contributed by atoms with E-state index < -0.39 is 0 Å². The van der Waals surface area contributed by atoms with Crippen LogP contribution in [0, 0.1) is 0 Å². The zero-order valence-corrected chi connectivity index (χ0v) is 11.2. The van der Waals surface area contributed by atoms with E-state index in [-0.39, 0.29) is 0 Å². The van der Waals surface area contributed by atoms with E-state index >= 15 is 0 Å². The minimum Gasteiger partial charge on any atom is -0.304 e. The van der Waals surface area contributed by atoms with Gasteiger partial charge in [0.15, 0.2) is 0 Å². The molecule has 0 amide bonds. The van der Waals surface area contributed by atoms with Gasteiger partial charge < -0.3 is 5.32 Å². The highest BCUT2D eigenvalue weighted by Crippen LogP contribution is 2.18. The summed E-state index contributed by atoms with van der Waals surface area (Å²) in [6, 6.07) is 4.76. The van der Waals surface area contributed by atoms with Gasteiger partial charge in [-0.05, 0) is 25.5 Å². The van der Waals surface area contributed by atoms with Crippen molar-refractivity contribution in [2.75, 3.05) is 0 Å². The van der Waals surface area contributed by atoms with Gasteiger partial charge in [0.2, 0.25) is 0 Å². The van der Waals surface area contributed by atoms with Gasteiger partial charge in [-0.3, -0.25) is 0 Å². The first-order valence-corrected chi connectivity index (χ1v) is 7.24. The molecule has 2 rings (SSSR count). The maximum Gasteiger partial charge on any atom is 0.0795 e. The lowest BCUT2D eigenvalue weighted by atomic mass is 10.2. The number of aryl methyl sites for hydroxylation is 1. The number of hydrogen-bond donors (Lipinski definition) is 1. The summed E-state index contributed by atoms with van der Waals surface area (Å²) in [7, 11) is 0. The molecule has 0 aliphatic heterocycles. The molecule has 0 bridgehead atoms. The fourth-order valence-electron chi connectivity index (χ4n) is 1.50. The van der Waals surface area contributed by atoms with Crippen molar-refractivity contribution in [3.63, 3.8) is 0 Å². The Morgan fingerprint density at radius 3 is 2.81 bits per heavy atom. The average molecular weight is 252 g/mol. The Kier molecular flexibility index (Phi) is 4.09. The predicted molar refractivity (Wildman–Crippen MR) is 71.1 cm³/mol. The Morgan fingerprint density at radius 2 is 2.19 bits per heavy atom. The summed E-state index contributed by atoms with van der Waals surface area (Å²) in [4.78, 5) is 7.17. The molecule has 2 aromatic rings. The number of aromatic nitrogens is 1. The van der Waals surface area contributed by atoms with E-state index in [9.17, 15) is 0 Å². The zero-order chi connectivity index (χ0) is 11.4. The number of thiophene rings is 1. The molecule has 86 valence electrons. The number of nitrogens with zero attached hydrogens (tertiary/aromatic N) is 1. The van der Waals surface area contributed by atoms with E-state index in [1.807, 2.05) is 16.8 Å². The molecule has 0 radical (unpaired) electrons. The van der Waals surface area contributed by atoms with Gasteiger partial charge in [-0.15, -0.1) is 22.7 Å². The first kappa shape index (κ1) is 11.8. The monoisotopic (exact) mass is 252 g/mol. The van der Waals surface area contributed by atoms with Gasteiger partial charge >= 0.3 is 0 Å². The Morgan fingerprint density at radius 1 is 1.38 bits per heavy atom. The fraction of sp³-hybridized carbons (Fsp3) is 0.417.